The Labute approximate surface area is 96.5 Å². The molecule has 2 aromatic rings. The molecule has 4 heteroatoms. The molecule has 2 N–H and O–H groups in total. The summed E-state index contributed by atoms with van der Waals surface area (Å²) in [6.45, 7) is 2.04. The van der Waals surface area contributed by atoms with Gasteiger partial charge in [0.25, 0.3) is 0 Å². The second-order valence-corrected chi connectivity index (χ2v) is 4.12. The van der Waals surface area contributed by atoms with Crippen molar-refractivity contribution in [2.75, 3.05) is 5.73 Å². The molecule has 1 aromatic heterocycles. The summed E-state index contributed by atoms with van der Waals surface area (Å²) in [5.41, 5.74) is 7.74. The van der Waals surface area contributed by atoms with Crippen molar-refractivity contribution in [3.8, 4) is 11.4 Å². The normalized spacial score (nSPS) is 10.3. The van der Waals surface area contributed by atoms with Crippen LogP contribution in [0.25, 0.3) is 11.4 Å². The van der Waals surface area contributed by atoms with Gasteiger partial charge in [-0.05, 0) is 24.6 Å². The van der Waals surface area contributed by atoms with Crippen molar-refractivity contribution in [2.24, 2.45) is 0 Å². The lowest BCUT2D eigenvalue weighted by Crippen LogP contribution is -1.94. The Bertz CT molecular complexity index is 497. The number of nitrogen functional groups attached to an aromatic ring is 1. The standard InChI is InChI=1S/C11H10BrN3/c1-7-2-3-8(6-9(7)12)11-14-5-4-10(13)15-11/h2-6H,1H3,(H2,13,14,15). The number of anilines is 1. The molecule has 0 unspecified atom stereocenters. The van der Waals surface area contributed by atoms with Crippen LogP contribution in [0, 0.1) is 6.92 Å². The summed E-state index contributed by atoms with van der Waals surface area (Å²) < 4.78 is 1.05. The summed E-state index contributed by atoms with van der Waals surface area (Å²) in [5.74, 6) is 1.13. The molecular weight excluding hydrogens is 254 g/mol. The number of benzene rings is 1. The summed E-state index contributed by atoms with van der Waals surface area (Å²) in [6, 6.07) is 7.66. The van der Waals surface area contributed by atoms with Crippen LogP contribution in [0.1, 0.15) is 5.56 Å². The van der Waals surface area contributed by atoms with E-state index in [2.05, 4.69) is 25.9 Å². The Balaban J connectivity index is 2.50. The predicted molar refractivity (Wildman–Crippen MR) is 64.3 cm³/mol. The molecule has 0 aliphatic rings. The zero-order valence-corrected chi connectivity index (χ0v) is 9.82. The summed E-state index contributed by atoms with van der Waals surface area (Å²) in [5, 5.41) is 0. The highest BCUT2D eigenvalue weighted by Gasteiger charge is 2.03. The predicted octanol–water partition coefficient (Wildman–Crippen LogP) is 2.80. The number of halogens is 1. The van der Waals surface area contributed by atoms with Crippen LogP contribution in [0.4, 0.5) is 5.82 Å². The van der Waals surface area contributed by atoms with Crippen LogP contribution in [0.3, 0.4) is 0 Å². The van der Waals surface area contributed by atoms with Gasteiger partial charge >= 0.3 is 0 Å². The maximum Gasteiger partial charge on any atom is 0.161 e. The third-order valence-corrected chi connectivity index (χ3v) is 2.96. The van der Waals surface area contributed by atoms with Crippen molar-refractivity contribution < 1.29 is 0 Å². The van der Waals surface area contributed by atoms with Gasteiger partial charge in [-0.15, -0.1) is 0 Å². The molecule has 0 bridgehead atoms. The molecule has 0 aliphatic carbocycles. The molecule has 15 heavy (non-hydrogen) atoms. The number of nitrogens with zero attached hydrogens (tertiary/aromatic N) is 2. The second-order valence-electron chi connectivity index (χ2n) is 3.27. The van der Waals surface area contributed by atoms with Crippen molar-refractivity contribution in [1.29, 1.82) is 0 Å². The summed E-state index contributed by atoms with van der Waals surface area (Å²) >= 11 is 3.48. The Morgan fingerprint density at radius 2 is 2.07 bits per heavy atom. The van der Waals surface area contributed by atoms with E-state index in [1.807, 2.05) is 25.1 Å². The highest BCUT2D eigenvalue weighted by molar-refractivity contribution is 9.10. The van der Waals surface area contributed by atoms with Crippen LogP contribution in [0.5, 0.6) is 0 Å². The van der Waals surface area contributed by atoms with Crippen LogP contribution in [0.15, 0.2) is 34.9 Å². The summed E-state index contributed by atoms with van der Waals surface area (Å²) in [7, 11) is 0. The molecule has 1 aromatic carbocycles. The summed E-state index contributed by atoms with van der Waals surface area (Å²) in [6.07, 6.45) is 1.66. The van der Waals surface area contributed by atoms with Gasteiger partial charge in [0, 0.05) is 16.2 Å². The number of hydrogen-bond donors (Lipinski definition) is 1. The van der Waals surface area contributed by atoms with Crippen LogP contribution in [-0.2, 0) is 0 Å². The van der Waals surface area contributed by atoms with Gasteiger partial charge in [-0.25, -0.2) is 9.97 Å². The smallest absolute Gasteiger partial charge is 0.161 e. The Morgan fingerprint density at radius 1 is 1.27 bits per heavy atom. The molecule has 0 radical (unpaired) electrons. The van der Waals surface area contributed by atoms with Gasteiger partial charge in [0.05, 0.1) is 0 Å². The lowest BCUT2D eigenvalue weighted by atomic mass is 10.1. The molecule has 1 heterocycles. The maximum atomic E-state index is 5.60. The first-order chi connectivity index (χ1) is 7.16. The molecular formula is C11H10BrN3. The lowest BCUT2D eigenvalue weighted by Gasteiger charge is -2.03. The third kappa shape index (κ3) is 2.15. The molecule has 3 nitrogen and oxygen atoms in total. The van der Waals surface area contributed by atoms with Crippen molar-refractivity contribution in [3.63, 3.8) is 0 Å². The van der Waals surface area contributed by atoms with E-state index in [4.69, 9.17) is 5.73 Å². The fourth-order valence-electron chi connectivity index (χ4n) is 1.24. The highest BCUT2D eigenvalue weighted by atomic mass is 79.9. The van der Waals surface area contributed by atoms with Gasteiger partial charge in [0.1, 0.15) is 5.82 Å². The average molecular weight is 264 g/mol. The average Bonchev–Trinajstić information content (AvgIpc) is 2.22. The quantitative estimate of drug-likeness (QED) is 0.861. The van der Waals surface area contributed by atoms with Crippen LogP contribution >= 0.6 is 15.9 Å². The minimum Gasteiger partial charge on any atom is -0.384 e. The molecule has 0 saturated carbocycles. The fourth-order valence-corrected chi connectivity index (χ4v) is 1.62. The number of hydrogen-bond acceptors (Lipinski definition) is 3. The topological polar surface area (TPSA) is 51.8 Å². The SMILES string of the molecule is Cc1ccc(-c2nccc(N)n2)cc1Br. The first-order valence-corrected chi connectivity index (χ1v) is 5.31. The van der Waals surface area contributed by atoms with Crippen molar-refractivity contribution in [2.45, 2.75) is 6.92 Å². The van der Waals surface area contributed by atoms with Crippen LogP contribution in [-0.4, -0.2) is 9.97 Å². The van der Waals surface area contributed by atoms with Gasteiger partial charge in [0.15, 0.2) is 5.82 Å². The number of aryl methyl sites for hydroxylation is 1. The minimum absolute atomic E-state index is 0.483. The monoisotopic (exact) mass is 263 g/mol. The van der Waals surface area contributed by atoms with Gasteiger partial charge in [-0.2, -0.15) is 0 Å². The first kappa shape index (κ1) is 10.1. The van der Waals surface area contributed by atoms with E-state index in [9.17, 15) is 0 Å². The van der Waals surface area contributed by atoms with Gasteiger partial charge in [-0.3, -0.25) is 0 Å². The van der Waals surface area contributed by atoms with E-state index in [0.717, 1.165) is 10.0 Å². The van der Waals surface area contributed by atoms with Gasteiger partial charge in [-0.1, -0.05) is 28.1 Å². The van der Waals surface area contributed by atoms with E-state index in [1.54, 1.807) is 12.3 Å². The zero-order chi connectivity index (χ0) is 10.8. The second kappa shape index (κ2) is 3.98. The molecule has 0 spiro atoms. The Kier molecular flexibility index (Phi) is 2.68. The van der Waals surface area contributed by atoms with E-state index in [-0.39, 0.29) is 0 Å². The highest BCUT2D eigenvalue weighted by Crippen LogP contribution is 2.23. The maximum absolute atomic E-state index is 5.60. The third-order valence-electron chi connectivity index (χ3n) is 2.11. The molecule has 0 amide bonds. The molecule has 0 atom stereocenters. The van der Waals surface area contributed by atoms with Crippen molar-refractivity contribution in [3.05, 3.63) is 40.5 Å². The van der Waals surface area contributed by atoms with Crippen molar-refractivity contribution >= 4 is 21.7 Å². The van der Waals surface area contributed by atoms with E-state index in [1.165, 1.54) is 5.56 Å². The van der Waals surface area contributed by atoms with Crippen LogP contribution in [0.2, 0.25) is 0 Å². The molecule has 0 fully saturated rings. The zero-order valence-electron chi connectivity index (χ0n) is 8.24. The molecule has 2 rings (SSSR count). The fraction of sp³-hybridized carbons (Fsp3) is 0.0909. The molecule has 0 aliphatic heterocycles. The summed E-state index contributed by atoms with van der Waals surface area (Å²) in [4.78, 5) is 8.33. The Hall–Kier alpha value is -1.42. The molecule has 76 valence electrons. The Morgan fingerprint density at radius 3 is 2.73 bits per heavy atom. The first-order valence-electron chi connectivity index (χ1n) is 4.52. The van der Waals surface area contributed by atoms with Crippen LogP contribution < -0.4 is 5.73 Å². The molecule has 0 saturated heterocycles. The van der Waals surface area contributed by atoms with E-state index in [0.29, 0.717) is 11.6 Å². The van der Waals surface area contributed by atoms with E-state index >= 15 is 0 Å². The van der Waals surface area contributed by atoms with E-state index < -0.39 is 0 Å². The number of aromatic nitrogens is 2. The number of nitrogens with two attached hydrogens (primary N) is 1. The van der Waals surface area contributed by atoms with Gasteiger partial charge < -0.3 is 5.73 Å². The lowest BCUT2D eigenvalue weighted by molar-refractivity contribution is 1.18. The number of rotatable bonds is 1. The largest absolute Gasteiger partial charge is 0.384 e. The van der Waals surface area contributed by atoms with Crippen molar-refractivity contribution in [1.82, 2.24) is 9.97 Å². The minimum atomic E-state index is 0.483. The van der Waals surface area contributed by atoms with Gasteiger partial charge in [0.2, 0.25) is 0 Å².